The number of hydrogen-bond acceptors (Lipinski definition) is 3. The minimum atomic E-state index is -0.794. The van der Waals surface area contributed by atoms with Crippen molar-refractivity contribution < 1.29 is 14.6 Å². The van der Waals surface area contributed by atoms with Crippen molar-refractivity contribution in [2.24, 2.45) is 17.6 Å². The maximum absolute atomic E-state index is 11.0. The molecule has 4 nitrogen and oxygen atoms in total. The van der Waals surface area contributed by atoms with E-state index >= 15 is 0 Å². The zero-order chi connectivity index (χ0) is 15.0. The van der Waals surface area contributed by atoms with E-state index in [2.05, 4.69) is 13.0 Å². The second kappa shape index (κ2) is 8.59. The Kier molecular flexibility index (Phi) is 7.09. The maximum atomic E-state index is 11.0. The first-order chi connectivity index (χ1) is 9.56. The molecule has 0 radical (unpaired) electrons. The molecule has 1 aromatic rings. The molecule has 0 aliphatic carbocycles. The summed E-state index contributed by atoms with van der Waals surface area (Å²) in [4.78, 5) is 11.0. The summed E-state index contributed by atoms with van der Waals surface area (Å²) in [5.74, 6) is 0.0101. The molecule has 0 aromatic heterocycles. The second-order valence-electron chi connectivity index (χ2n) is 5.23. The van der Waals surface area contributed by atoms with E-state index in [0.717, 1.165) is 18.6 Å². The average molecular weight is 279 g/mol. The Hall–Kier alpha value is -1.55. The van der Waals surface area contributed by atoms with Crippen molar-refractivity contribution in [3.63, 3.8) is 0 Å². The van der Waals surface area contributed by atoms with E-state index in [1.807, 2.05) is 25.1 Å². The molecule has 0 heterocycles. The molecule has 0 aliphatic heterocycles. The summed E-state index contributed by atoms with van der Waals surface area (Å²) in [6.45, 7) is 4.92. The maximum Gasteiger partial charge on any atom is 0.307 e. The van der Waals surface area contributed by atoms with Crippen LogP contribution in [0.1, 0.15) is 32.3 Å². The van der Waals surface area contributed by atoms with Crippen LogP contribution < -0.4 is 10.5 Å². The molecule has 112 valence electrons. The summed E-state index contributed by atoms with van der Waals surface area (Å²) in [5, 5.41) is 9.01. The Labute approximate surface area is 120 Å². The van der Waals surface area contributed by atoms with Crippen molar-refractivity contribution >= 4 is 5.97 Å². The highest BCUT2D eigenvalue weighted by Gasteiger charge is 2.18. The van der Waals surface area contributed by atoms with Gasteiger partial charge in [-0.05, 0) is 49.8 Å². The summed E-state index contributed by atoms with van der Waals surface area (Å²) in [6, 6.07) is 8.07. The molecule has 0 amide bonds. The lowest BCUT2D eigenvalue weighted by Crippen LogP contribution is -2.25. The van der Waals surface area contributed by atoms with E-state index in [1.54, 1.807) is 0 Å². The standard InChI is InChI=1S/C16H25NO3/c1-3-20-15-6-4-5-13(10-15)8-7-12(2)9-14(11-17)16(18)19/h4-6,10,12,14H,3,7-9,11,17H2,1-2H3,(H,18,19). The van der Waals surface area contributed by atoms with Crippen molar-refractivity contribution in [1.82, 2.24) is 0 Å². The normalized spacial score (nSPS) is 13.8. The molecule has 1 rings (SSSR count). The number of aryl methyl sites for hydroxylation is 1. The van der Waals surface area contributed by atoms with Gasteiger partial charge in [-0.15, -0.1) is 0 Å². The third kappa shape index (κ3) is 5.61. The Balaban J connectivity index is 2.45. The fourth-order valence-corrected chi connectivity index (χ4v) is 2.27. The Morgan fingerprint density at radius 1 is 1.45 bits per heavy atom. The van der Waals surface area contributed by atoms with E-state index < -0.39 is 11.9 Å². The van der Waals surface area contributed by atoms with Crippen molar-refractivity contribution in [2.75, 3.05) is 13.2 Å². The monoisotopic (exact) mass is 279 g/mol. The van der Waals surface area contributed by atoms with Crippen LogP contribution in [0.3, 0.4) is 0 Å². The minimum absolute atomic E-state index is 0.208. The van der Waals surface area contributed by atoms with Gasteiger partial charge in [0.05, 0.1) is 12.5 Å². The van der Waals surface area contributed by atoms with Crippen molar-refractivity contribution in [1.29, 1.82) is 0 Å². The summed E-state index contributed by atoms with van der Waals surface area (Å²) >= 11 is 0. The van der Waals surface area contributed by atoms with E-state index in [0.29, 0.717) is 18.9 Å². The predicted octanol–water partition coefficient (Wildman–Crippen LogP) is 2.70. The molecule has 0 bridgehead atoms. The highest BCUT2D eigenvalue weighted by molar-refractivity contribution is 5.70. The van der Waals surface area contributed by atoms with Crippen LogP contribution in [0.15, 0.2) is 24.3 Å². The quantitative estimate of drug-likeness (QED) is 0.729. The van der Waals surface area contributed by atoms with Crippen LogP contribution in [0.25, 0.3) is 0 Å². The minimum Gasteiger partial charge on any atom is -0.494 e. The molecule has 20 heavy (non-hydrogen) atoms. The lowest BCUT2D eigenvalue weighted by atomic mass is 9.91. The van der Waals surface area contributed by atoms with Gasteiger partial charge < -0.3 is 15.6 Å². The molecule has 2 unspecified atom stereocenters. The number of benzene rings is 1. The SMILES string of the molecule is CCOc1cccc(CCC(C)CC(CN)C(=O)O)c1. The molecule has 0 saturated heterocycles. The lowest BCUT2D eigenvalue weighted by Gasteiger charge is -2.16. The van der Waals surface area contributed by atoms with Gasteiger partial charge in [-0.2, -0.15) is 0 Å². The smallest absolute Gasteiger partial charge is 0.307 e. The molecular formula is C16H25NO3. The highest BCUT2D eigenvalue weighted by Crippen LogP contribution is 2.20. The third-order valence-electron chi connectivity index (χ3n) is 3.46. The van der Waals surface area contributed by atoms with Gasteiger partial charge in [-0.1, -0.05) is 19.1 Å². The second-order valence-corrected chi connectivity index (χ2v) is 5.23. The summed E-state index contributed by atoms with van der Waals surface area (Å²) < 4.78 is 5.47. The molecular weight excluding hydrogens is 254 g/mol. The number of aliphatic carboxylic acids is 1. The van der Waals surface area contributed by atoms with Gasteiger partial charge in [0.1, 0.15) is 5.75 Å². The van der Waals surface area contributed by atoms with Crippen LogP contribution >= 0.6 is 0 Å². The average Bonchev–Trinajstić information content (AvgIpc) is 2.43. The number of carboxylic acids is 1. The molecule has 1 aromatic carbocycles. The van der Waals surface area contributed by atoms with Gasteiger partial charge in [0.2, 0.25) is 0 Å². The van der Waals surface area contributed by atoms with Gasteiger partial charge in [0.25, 0.3) is 0 Å². The molecule has 3 N–H and O–H groups in total. The first-order valence-electron chi connectivity index (χ1n) is 7.21. The van der Waals surface area contributed by atoms with Crippen LogP contribution in [-0.2, 0) is 11.2 Å². The number of carboxylic acid groups (broad SMARTS) is 1. The number of rotatable bonds is 9. The van der Waals surface area contributed by atoms with Crippen LogP contribution in [0, 0.1) is 11.8 Å². The van der Waals surface area contributed by atoms with Crippen LogP contribution in [0.4, 0.5) is 0 Å². The van der Waals surface area contributed by atoms with Gasteiger partial charge in [-0.25, -0.2) is 0 Å². The first kappa shape index (κ1) is 16.5. The van der Waals surface area contributed by atoms with Crippen LogP contribution in [0.5, 0.6) is 5.75 Å². The van der Waals surface area contributed by atoms with Crippen LogP contribution in [-0.4, -0.2) is 24.2 Å². The fraction of sp³-hybridized carbons (Fsp3) is 0.562. The Morgan fingerprint density at radius 2 is 2.20 bits per heavy atom. The van der Waals surface area contributed by atoms with Crippen molar-refractivity contribution in [3.05, 3.63) is 29.8 Å². The van der Waals surface area contributed by atoms with E-state index in [-0.39, 0.29) is 6.54 Å². The topological polar surface area (TPSA) is 72.5 Å². The number of carbonyl (C=O) groups is 1. The predicted molar refractivity (Wildman–Crippen MR) is 79.9 cm³/mol. The van der Waals surface area contributed by atoms with Gasteiger partial charge >= 0.3 is 5.97 Å². The van der Waals surface area contributed by atoms with E-state index in [4.69, 9.17) is 15.6 Å². The highest BCUT2D eigenvalue weighted by atomic mass is 16.5. The molecule has 2 atom stereocenters. The Morgan fingerprint density at radius 3 is 2.80 bits per heavy atom. The van der Waals surface area contributed by atoms with Crippen LogP contribution in [0.2, 0.25) is 0 Å². The van der Waals surface area contributed by atoms with Crippen molar-refractivity contribution in [3.8, 4) is 5.75 Å². The zero-order valence-corrected chi connectivity index (χ0v) is 12.3. The largest absolute Gasteiger partial charge is 0.494 e. The molecule has 0 aliphatic rings. The van der Waals surface area contributed by atoms with Gasteiger partial charge in [0.15, 0.2) is 0 Å². The molecule has 0 spiro atoms. The zero-order valence-electron chi connectivity index (χ0n) is 12.3. The molecule has 0 saturated carbocycles. The lowest BCUT2D eigenvalue weighted by molar-refractivity contribution is -0.141. The fourth-order valence-electron chi connectivity index (χ4n) is 2.27. The summed E-state index contributed by atoms with van der Waals surface area (Å²) in [7, 11) is 0. The summed E-state index contributed by atoms with van der Waals surface area (Å²) in [5.41, 5.74) is 6.71. The molecule has 0 fully saturated rings. The van der Waals surface area contributed by atoms with E-state index in [9.17, 15) is 4.79 Å². The number of ether oxygens (including phenoxy) is 1. The molecule has 4 heteroatoms. The summed E-state index contributed by atoms with van der Waals surface area (Å²) in [6.07, 6.45) is 2.52. The third-order valence-corrected chi connectivity index (χ3v) is 3.46. The van der Waals surface area contributed by atoms with Gasteiger partial charge in [-0.3, -0.25) is 4.79 Å². The number of hydrogen-bond donors (Lipinski definition) is 2. The van der Waals surface area contributed by atoms with Crippen molar-refractivity contribution in [2.45, 2.75) is 33.1 Å². The van der Waals surface area contributed by atoms with E-state index in [1.165, 1.54) is 5.56 Å². The first-order valence-corrected chi connectivity index (χ1v) is 7.21. The number of nitrogens with two attached hydrogens (primary N) is 1. The Bertz CT molecular complexity index is 420. The van der Waals surface area contributed by atoms with Gasteiger partial charge in [0, 0.05) is 6.54 Å².